The number of carboxylic acids is 1. The fourth-order valence-electron chi connectivity index (χ4n) is 1.45. The summed E-state index contributed by atoms with van der Waals surface area (Å²) in [6, 6.07) is 3.46. The van der Waals surface area contributed by atoms with Crippen molar-refractivity contribution in [2.75, 3.05) is 5.32 Å². The number of rotatable bonds is 5. The van der Waals surface area contributed by atoms with Gasteiger partial charge in [0.2, 0.25) is 0 Å². The summed E-state index contributed by atoms with van der Waals surface area (Å²) in [5.41, 5.74) is 0.492. The second kappa shape index (κ2) is 7.35. The quantitative estimate of drug-likeness (QED) is 0.761. The van der Waals surface area contributed by atoms with Crippen molar-refractivity contribution in [1.29, 1.82) is 0 Å². The van der Waals surface area contributed by atoms with Crippen molar-refractivity contribution < 1.29 is 14.7 Å². The largest absolute Gasteiger partial charge is 0.480 e. The topological polar surface area (TPSA) is 78.4 Å². The number of benzene rings is 1. The zero-order valence-electron chi connectivity index (χ0n) is 10.2. The normalized spacial score (nSPS) is 11.7. The van der Waals surface area contributed by atoms with E-state index >= 15 is 0 Å². The molecule has 19 heavy (non-hydrogen) atoms. The number of hydrogen-bond donors (Lipinski definition) is 3. The number of hydrogen-bond acceptors (Lipinski definition) is 2. The number of carbonyl (C=O) groups is 2. The van der Waals surface area contributed by atoms with Gasteiger partial charge in [-0.2, -0.15) is 0 Å². The monoisotopic (exact) mass is 348 g/mol. The smallest absolute Gasteiger partial charge is 0.326 e. The van der Waals surface area contributed by atoms with Gasteiger partial charge in [-0.15, -0.1) is 0 Å². The average Bonchev–Trinajstić information content (AvgIpc) is 2.33. The third-order valence-corrected chi connectivity index (χ3v) is 3.59. The molecule has 104 valence electrons. The number of aliphatic carboxylic acids is 1. The molecule has 0 saturated heterocycles. The van der Waals surface area contributed by atoms with Gasteiger partial charge in [0.1, 0.15) is 6.04 Å². The third kappa shape index (κ3) is 5.08. The lowest BCUT2D eigenvalue weighted by Crippen LogP contribution is -2.42. The van der Waals surface area contributed by atoms with E-state index in [1.807, 2.05) is 6.92 Å². The van der Waals surface area contributed by atoms with Crippen LogP contribution < -0.4 is 10.6 Å². The van der Waals surface area contributed by atoms with E-state index in [4.69, 9.17) is 16.7 Å². The molecule has 0 unspecified atom stereocenters. The van der Waals surface area contributed by atoms with Crippen molar-refractivity contribution in [2.45, 2.75) is 25.8 Å². The van der Waals surface area contributed by atoms with Gasteiger partial charge in [-0.05, 0) is 40.5 Å². The first-order valence-electron chi connectivity index (χ1n) is 5.69. The van der Waals surface area contributed by atoms with Crippen LogP contribution in [-0.4, -0.2) is 23.1 Å². The Bertz CT molecular complexity index is 482. The van der Waals surface area contributed by atoms with Crippen LogP contribution in [0.4, 0.5) is 10.5 Å². The summed E-state index contributed by atoms with van der Waals surface area (Å²) in [6.07, 6.45) is 1.05. The van der Waals surface area contributed by atoms with Crippen LogP contribution in [0.3, 0.4) is 0 Å². The Morgan fingerprint density at radius 1 is 1.47 bits per heavy atom. The molecule has 0 spiro atoms. The maximum atomic E-state index is 11.7. The number of halogens is 2. The Morgan fingerprint density at radius 3 is 2.68 bits per heavy atom. The van der Waals surface area contributed by atoms with E-state index in [2.05, 4.69) is 26.6 Å². The van der Waals surface area contributed by atoms with Gasteiger partial charge in [0.25, 0.3) is 0 Å². The highest BCUT2D eigenvalue weighted by atomic mass is 79.9. The Hall–Kier alpha value is -1.27. The molecule has 0 heterocycles. The van der Waals surface area contributed by atoms with Crippen LogP contribution in [0.1, 0.15) is 19.8 Å². The molecule has 1 aromatic rings. The summed E-state index contributed by atoms with van der Waals surface area (Å²) in [5, 5.41) is 14.3. The number of urea groups is 1. The lowest BCUT2D eigenvalue weighted by Gasteiger charge is -2.14. The number of carboxylic acid groups (broad SMARTS) is 1. The third-order valence-electron chi connectivity index (χ3n) is 2.36. The fourth-order valence-corrected chi connectivity index (χ4v) is 1.87. The first-order valence-corrected chi connectivity index (χ1v) is 6.86. The van der Waals surface area contributed by atoms with E-state index in [9.17, 15) is 9.59 Å². The molecule has 0 aliphatic rings. The van der Waals surface area contributed by atoms with Gasteiger partial charge in [0, 0.05) is 10.2 Å². The summed E-state index contributed by atoms with van der Waals surface area (Å²) in [4.78, 5) is 22.6. The van der Waals surface area contributed by atoms with Crippen molar-refractivity contribution >= 4 is 45.2 Å². The van der Waals surface area contributed by atoms with Crippen molar-refractivity contribution in [1.82, 2.24) is 5.32 Å². The predicted octanol–water partition coefficient (Wildman–Crippen LogP) is 3.48. The van der Waals surface area contributed by atoms with Gasteiger partial charge in [0.15, 0.2) is 0 Å². The summed E-state index contributed by atoms with van der Waals surface area (Å²) < 4.78 is 0.717. The molecule has 0 aliphatic carbocycles. The molecular formula is C12H14BrClN2O3. The second-order valence-corrected chi connectivity index (χ2v) is 5.17. The highest BCUT2D eigenvalue weighted by molar-refractivity contribution is 9.10. The lowest BCUT2D eigenvalue weighted by molar-refractivity contribution is -0.139. The van der Waals surface area contributed by atoms with Crippen LogP contribution in [0.25, 0.3) is 0 Å². The highest BCUT2D eigenvalue weighted by Crippen LogP contribution is 2.25. The van der Waals surface area contributed by atoms with Gasteiger partial charge in [-0.1, -0.05) is 24.9 Å². The van der Waals surface area contributed by atoms with E-state index in [1.54, 1.807) is 18.2 Å². The van der Waals surface area contributed by atoms with Crippen LogP contribution in [0.2, 0.25) is 5.02 Å². The van der Waals surface area contributed by atoms with E-state index in [-0.39, 0.29) is 0 Å². The highest BCUT2D eigenvalue weighted by Gasteiger charge is 2.18. The Labute approximate surface area is 124 Å². The zero-order chi connectivity index (χ0) is 14.4. The van der Waals surface area contributed by atoms with Gasteiger partial charge < -0.3 is 15.7 Å². The molecule has 5 nitrogen and oxygen atoms in total. The summed E-state index contributed by atoms with van der Waals surface area (Å²) in [6.45, 7) is 1.85. The molecule has 1 aromatic carbocycles. The minimum Gasteiger partial charge on any atom is -0.480 e. The molecule has 0 radical (unpaired) electrons. The molecule has 0 aliphatic heterocycles. The molecule has 1 atom stereocenters. The van der Waals surface area contributed by atoms with Crippen molar-refractivity contribution in [2.24, 2.45) is 0 Å². The number of anilines is 1. The molecular weight excluding hydrogens is 336 g/mol. The van der Waals surface area contributed by atoms with Gasteiger partial charge in [0.05, 0.1) is 5.02 Å². The van der Waals surface area contributed by atoms with Gasteiger partial charge in [-0.3, -0.25) is 0 Å². The number of carbonyl (C=O) groups excluding carboxylic acids is 1. The molecule has 0 saturated carbocycles. The zero-order valence-corrected chi connectivity index (χ0v) is 12.6. The second-order valence-electron chi connectivity index (χ2n) is 3.91. The van der Waals surface area contributed by atoms with Crippen LogP contribution in [0.15, 0.2) is 22.7 Å². The van der Waals surface area contributed by atoms with E-state index < -0.39 is 18.0 Å². The Balaban J connectivity index is 2.63. The molecule has 2 amide bonds. The van der Waals surface area contributed by atoms with Crippen molar-refractivity contribution in [3.05, 3.63) is 27.7 Å². The molecule has 1 rings (SSSR count). The minimum absolute atomic E-state index is 0.379. The molecule has 3 N–H and O–H groups in total. The maximum Gasteiger partial charge on any atom is 0.326 e. The van der Waals surface area contributed by atoms with Crippen LogP contribution >= 0.6 is 27.5 Å². The molecule has 0 bridgehead atoms. The minimum atomic E-state index is -1.05. The number of amides is 2. The average molecular weight is 350 g/mol. The standard InChI is InChI=1S/C12H14BrClN2O3/c1-2-3-10(11(17)18)16-12(19)15-7-4-5-8(13)9(14)6-7/h4-6,10H,2-3H2,1H3,(H,17,18)(H2,15,16,19)/t10-/m1/s1. The van der Waals surface area contributed by atoms with Crippen LogP contribution in [0.5, 0.6) is 0 Å². The van der Waals surface area contributed by atoms with E-state index in [1.165, 1.54) is 0 Å². The number of nitrogens with one attached hydrogen (secondary N) is 2. The summed E-state index contributed by atoms with van der Waals surface area (Å²) >= 11 is 9.13. The van der Waals surface area contributed by atoms with Crippen molar-refractivity contribution in [3.8, 4) is 0 Å². The van der Waals surface area contributed by atoms with Crippen LogP contribution in [-0.2, 0) is 4.79 Å². The Kier molecular flexibility index (Phi) is 6.11. The fraction of sp³-hybridized carbons (Fsp3) is 0.333. The lowest BCUT2D eigenvalue weighted by atomic mass is 10.2. The van der Waals surface area contributed by atoms with E-state index in [0.717, 1.165) is 4.47 Å². The van der Waals surface area contributed by atoms with E-state index in [0.29, 0.717) is 23.6 Å². The molecule has 0 fully saturated rings. The maximum absolute atomic E-state index is 11.7. The van der Waals surface area contributed by atoms with Crippen molar-refractivity contribution in [3.63, 3.8) is 0 Å². The van der Waals surface area contributed by atoms with Crippen LogP contribution in [0, 0.1) is 0 Å². The SMILES string of the molecule is CCC[C@@H](NC(=O)Nc1ccc(Br)c(Cl)c1)C(=O)O. The Morgan fingerprint density at radius 2 is 2.16 bits per heavy atom. The summed E-state index contributed by atoms with van der Waals surface area (Å²) in [5.74, 6) is -1.05. The van der Waals surface area contributed by atoms with Gasteiger partial charge in [-0.25, -0.2) is 9.59 Å². The molecule has 7 heteroatoms. The summed E-state index contributed by atoms with van der Waals surface area (Å²) in [7, 11) is 0. The molecule has 0 aromatic heterocycles. The first-order chi connectivity index (χ1) is 8.93. The predicted molar refractivity (Wildman–Crippen MR) is 77.6 cm³/mol. The first kappa shape index (κ1) is 15.8. The van der Waals surface area contributed by atoms with Gasteiger partial charge >= 0.3 is 12.0 Å².